The van der Waals surface area contributed by atoms with Crippen molar-refractivity contribution in [3.8, 4) is 0 Å². The Hall–Kier alpha value is -3.52. The maximum atomic E-state index is 13.0. The van der Waals surface area contributed by atoms with Gasteiger partial charge in [-0.2, -0.15) is 0 Å². The molecule has 0 saturated carbocycles. The average molecular weight is 476 g/mol. The number of fused-ring (bicyclic) bond motifs is 1. The molecule has 0 unspecified atom stereocenters. The number of carbonyl (C=O) groups excluding carboxylic acids is 3. The summed E-state index contributed by atoms with van der Waals surface area (Å²) in [6.07, 6.45) is 0. The number of anilines is 2. The van der Waals surface area contributed by atoms with E-state index in [9.17, 15) is 14.4 Å². The van der Waals surface area contributed by atoms with Crippen LogP contribution in [0.2, 0.25) is 5.02 Å². The number of nitrogens with one attached hydrogen (secondary N) is 1. The second-order valence-corrected chi connectivity index (χ2v) is 8.60. The molecule has 1 fully saturated rings. The van der Waals surface area contributed by atoms with Crippen molar-refractivity contribution in [1.82, 2.24) is 4.90 Å². The van der Waals surface area contributed by atoms with Crippen LogP contribution in [0.1, 0.15) is 36.6 Å². The van der Waals surface area contributed by atoms with Crippen LogP contribution in [0.25, 0.3) is 0 Å². The molecule has 5 rings (SSSR count). The third-order valence-electron chi connectivity index (χ3n) is 5.96. The van der Waals surface area contributed by atoms with E-state index in [4.69, 9.17) is 16.3 Å². The second kappa shape index (κ2) is 9.38. The van der Waals surface area contributed by atoms with Crippen LogP contribution in [0.3, 0.4) is 0 Å². The third-order valence-corrected chi connectivity index (χ3v) is 6.28. The smallest absolute Gasteiger partial charge is 0.266 e. The SMILES string of the molecule is O=C(Nc1ccc(CN2CCOCC2)cc1)c1ccc2c(c1)C(=O)N(c1ccccc1Cl)C2=O. The molecule has 8 heteroatoms. The number of rotatable bonds is 5. The van der Waals surface area contributed by atoms with Gasteiger partial charge in [-0.25, -0.2) is 4.90 Å². The van der Waals surface area contributed by atoms with Crippen LogP contribution < -0.4 is 10.2 Å². The Kier molecular flexibility index (Phi) is 6.15. The Balaban J connectivity index is 1.30. The standard InChI is InChI=1S/C26H22ClN3O4/c27-22-3-1-2-4-23(22)30-25(32)20-10-7-18(15-21(20)26(30)33)24(31)28-19-8-5-17(6-9-19)16-29-11-13-34-14-12-29/h1-10,15H,11-14,16H2,(H,28,31). The van der Waals surface area contributed by atoms with Crippen LogP contribution in [0.5, 0.6) is 0 Å². The predicted molar refractivity (Wildman–Crippen MR) is 130 cm³/mol. The maximum Gasteiger partial charge on any atom is 0.266 e. The second-order valence-electron chi connectivity index (χ2n) is 8.20. The summed E-state index contributed by atoms with van der Waals surface area (Å²) in [6, 6.07) is 18.8. The summed E-state index contributed by atoms with van der Waals surface area (Å²) in [5.41, 5.74) is 2.83. The van der Waals surface area contributed by atoms with E-state index in [1.165, 1.54) is 12.1 Å². The molecule has 34 heavy (non-hydrogen) atoms. The minimum Gasteiger partial charge on any atom is -0.379 e. The maximum absolute atomic E-state index is 13.0. The lowest BCUT2D eigenvalue weighted by atomic mass is 10.1. The van der Waals surface area contributed by atoms with E-state index in [2.05, 4.69) is 10.2 Å². The van der Waals surface area contributed by atoms with Gasteiger partial charge in [0.15, 0.2) is 0 Å². The van der Waals surface area contributed by atoms with Gasteiger partial charge >= 0.3 is 0 Å². The molecule has 0 bridgehead atoms. The normalized spacial score (nSPS) is 16.0. The number of nitrogens with zero attached hydrogens (tertiary/aromatic N) is 2. The first-order valence-electron chi connectivity index (χ1n) is 11.0. The molecule has 1 saturated heterocycles. The van der Waals surface area contributed by atoms with Crippen molar-refractivity contribution in [3.05, 3.63) is 94.0 Å². The number of morpholine rings is 1. The highest BCUT2D eigenvalue weighted by atomic mass is 35.5. The minimum absolute atomic E-state index is 0.179. The van der Waals surface area contributed by atoms with Crippen molar-refractivity contribution in [2.75, 3.05) is 36.5 Å². The van der Waals surface area contributed by atoms with Crippen molar-refractivity contribution in [2.24, 2.45) is 0 Å². The molecule has 172 valence electrons. The Morgan fingerprint density at radius 3 is 2.35 bits per heavy atom. The Bertz CT molecular complexity index is 1270. The molecule has 0 atom stereocenters. The molecule has 3 aromatic carbocycles. The van der Waals surface area contributed by atoms with E-state index in [-0.39, 0.29) is 17.0 Å². The lowest BCUT2D eigenvalue weighted by Crippen LogP contribution is -2.35. The number of para-hydroxylation sites is 1. The summed E-state index contributed by atoms with van der Waals surface area (Å²) < 4.78 is 5.38. The van der Waals surface area contributed by atoms with Crippen LogP contribution in [0, 0.1) is 0 Å². The van der Waals surface area contributed by atoms with E-state index in [1.807, 2.05) is 24.3 Å². The lowest BCUT2D eigenvalue weighted by molar-refractivity contribution is 0.0342. The number of halogens is 1. The van der Waals surface area contributed by atoms with E-state index < -0.39 is 11.8 Å². The van der Waals surface area contributed by atoms with Crippen molar-refractivity contribution >= 4 is 40.7 Å². The molecule has 7 nitrogen and oxygen atoms in total. The van der Waals surface area contributed by atoms with Crippen LogP contribution in [0.4, 0.5) is 11.4 Å². The van der Waals surface area contributed by atoms with Gasteiger partial charge in [0, 0.05) is 30.9 Å². The Morgan fingerprint density at radius 2 is 1.62 bits per heavy atom. The zero-order chi connectivity index (χ0) is 23.7. The van der Waals surface area contributed by atoms with Gasteiger partial charge in [0.2, 0.25) is 0 Å². The number of carbonyl (C=O) groups is 3. The summed E-state index contributed by atoms with van der Waals surface area (Å²) in [5.74, 6) is -1.33. The fraction of sp³-hybridized carbons (Fsp3) is 0.192. The average Bonchev–Trinajstić information content (AvgIpc) is 3.10. The van der Waals surface area contributed by atoms with E-state index in [1.54, 1.807) is 30.3 Å². The molecule has 0 radical (unpaired) electrons. The number of ether oxygens (including phenoxy) is 1. The summed E-state index contributed by atoms with van der Waals surface area (Å²) in [4.78, 5) is 42.1. The largest absolute Gasteiger partial charge is 0.379 e. The molecule has 0 aliphatic carbocycles. The van der Waals surface area contributed by atoms with Gasteiger partial charge in [-0.1, -0.05) is 35.9 Å². The molecule has 2 aliphatic heterocycles. The van der Waals surface area contributed by atoms with Gasteiger partial charge in [-0.15, -0.1) is 0 Å². The molecule has 0 spiro atoms. The zero-order valence-electron chi connectivity index (χ0n) is 18.3. The molecule has 3 amide bonds. The first-order valence-corrected chi connectivity index (χ1v) is 11.4. The van der Waals surface area contributed by atoms with Gasteiger partial charge in [-0.3, -0.25) is 19.3 Å². The van der Waals surface area contributed by atoms with Crippen molar-refractivity contribution in [3.63, 3.8) is 0 Å². The Labute approximate surface area is 201 Å². The third kappa shape index (κ3) is 4.33. The number of benzene rings is 3. The van der Waals surface area contributed by atoms with E-state index in [0.29, 0.717) is 22.0 Å². The molecular formula is C26H22ClN3O4. The molecule has 1 N–H and O–H groups in total. The van der Waals surface area contributed by atoms with Gasteiger partial charge in [0.25, 0.3) is 17.7 Å². The summed E-state index contributed by atoms with van der Waals surface area (Å²) in [7, 11) is 0. The predicted octanol–water partition coefficient (Wildman–Crippen LogP) is 4.23. The van der Waals surface area contributed by atoms with Gasteiger partial charge in [0.1, 0.15) is 0 Å². The fourth-order valence-corrected chi connectivity index (χ4v) is 4.37. The van der Waals surface area contributed by atoms with Gasteiger partial charge in [-0.05, 0) is 48.0 Å². The summed E-state index contributed by atoms with van der Waals surface area (Å²) in [6.45, 7) is 4.15. The molecule has 2 heterocycles. The van der Waals surface area contributed by atoms with Crippen LogP contribution in [-0.2, 0) is 11.3 Å². The molecule has 0 aromatic heterocycles. The first-order chi connectivity index (χ1) is 16.5. The topological polar surface area (TPSA) is 79.0 Å². The van der Waals surface area contributed by atoms with Gasteiger partial charge < -0.3 is 10.1 Å². The molecular weight excluding hydrogens is 454 g/mol. The van der Waals surface area contributed by atoms with Gasteiger partial charge in [0.05, 0.1) is 35.1 Å². The lowest BCUT2D eigenvalue weighted by Gasteiger charge is -2.26. The summed E-state index contributed by atoms with van der Waals surface area (Å²) in [5, 5.41) is 3.15. The number of imide groups is 1. The summed E-state index contributed by atoms with van der Waals surface area (Å²) >= 11 is 6.20. The van der Waals surface area contributed by atoms with Crippen molar-refractivity contribution < 1.29 is 19.1 Å². The zero-order valence-corrected chi connectivity index (χ0v) is 19.0. The fourth-order valence-electron chi connectivity index (χ4n) is 4.15. The van der Waals surface area contributed by atoms with Crippen molar-refractivity contribution in [2.45, 2.75) is 6.54 Å². The minimum atomic E-state index is -0.504. The molecule has 3 aromatic rings. The highest BCUT2D eigenvalue weighted by molar-refractivity contribution is 6.40. The van der Waals surface area contributed by atoms with Crippen LogP contribution >= 0.6 is 11.6 Å². The highest BCUT2D eigenvalue weighted by Crippen LogP contribution is 2.33. The molecule has 2 aliphatic rings. The monoisotopic (exact) mass is 475 g/mol. The van der Waals surface area contributed by atoms with Crippen molar-refractivity contribution in [1.29, 1.82) is 0 Å². The highest BCUT2D eigenvalue weighted by Gasteiger charge is 2.38. The first kappa shape index (κ1) is 22.3. The quantitative estimate of drug-likeness (QED) is 0.559. The number of hydrogen-bond acceptors (Lipinski definition) is 5. The van der Waals surface area contributed by atoms with E-state index >= 15 is 0 Å². The number of amides is 3. The van der Waals surface area contributed by atoms with E-state index in [0.717, 1.165) is 43.3 Å². The number of hydrogen-bond donors (Lipinski definition) is 1. The van der Waals surface area contributed by atoms with Crippen LogP contribution in [-0.4, -0.2) is 48.9 Å². The Morgan fingerprint density at radius 1 is 0.912 bits per heavy atom. The van der Waals surface area contributed by atoms with Crippen LogP contribution in [0.15, 0.2) is 66.7 Å².